The summed E-state index contributed by atoms with van der Waals surface area (Å²) in [5.74, 6) is -1.05. The molecule has 0 radical (unpaired) electrons. The zero-order valence-corrected chi connectivity index (χ0v) is 9.96. The number of carbonyl (C=O) groups is 1. The van der Waals surface area contributed by atoms with Gasteiger partial charge in [-0.2, -0.15) is 0 Å². The lowest BCUT2D eigenvalue weighted by Gasteiger charge is -2.27. The van der Waals surface area contributed by atoms with E-state index in [9.17, 15) is 14.3 Å². The quantitative estimate of drug-likeness (QED) is 0.852. The summed E-state index contributed by atoms with van der Waals surface area (Å²) in [6.45, 7) is 3.37. The van der Waals surface area contributed by atoms with Crippen LogP contribution >= 0.6 is 0 Å². The molecule has 0 unspecified atom stereocenters. The van der Waals surface area contributed by atoms with E-state index >= 15 is 0 Å². The van der Waals surface area contributed by atoms with Gasteiger partial charge < -0.3 is 5.11 Å². The van der Waals surface area contributed by atoms with E-state index in [0.717, 1.165) is 11.1 Å². The Bertz CT molecular complexity index is 501. The molecular weight excluding hydrogens is 219 g/mol. The maximum atomic E-state index is 13.5. The van der Waals surface area contributed by atoms with Crippen LogP contribution in [0.15, 0.2) is 23.8 Å². The fourth-order valence-corrected chi connectivity index (χ4v) is 2.12. The molecule has 1 aromatic rings. The van der Waals surface area contributed by atoms with Crippen molar-refractivity contribution in [1.29, 1.82) is 0 Å². The van der Waals surface area contributed by atoms with Crippen molar-refractivity contribution in [2.24, 2.45) is 5.41 Å². The van der Waals surface area contributed by atoms with Gasteiger partial charge in [-0.15, -0.1) is 0 Å². The Labute approximate surface area is 99.8 Å². The van der Waals surface area contributed by atoms with E-state index < -0.39 is 11.4 Å². The number of fused-ring (bicyclic) bond motifs is 1. The van der Waals surface area contributed by atoms with Gasteiger partial charge in [-0.25, -0.2) is 4.39 Å². The predicted octanol–water partition coefficient (Wildman–Crippen LogP) is 3.27. The third-order valence-electron chi connectivity index (χ3n) is 3.47. The van der Waals surface area contributed by atoms with Crippen LogP contribution in [0.2, 0.25) is 0 Å². The molecule has 0 saturated carbocycles. The molecule has 0 saturated heterocycles. The van der Waals surface area contributed by atoms with Gasteiger partial charge in [0.1, 0.15) is 5.82 Å². The predicted molar refractivity (Wildman–Crippen MR) is 64.1 cm³/mol. The van der Waals surface area contributed by atoms with Gasteiger partial charge in [0, 0.05) is 0 Å². The van der Waals surface area contributed by atoms with E-state index in [1.807, 2.05) is 12.1 Å². The first-order valence-corrected chi connectivity index (χ1v) is 5.65. The van der Waals surface area contributed by atoms with E-state index in [1.165, 1.54) is 6.07 Å². The molecule has 0 atom stereocenters. The maximum Gasteiger partial charge on any atom is 0.313 e. The molecule has 0 amide bonds. The Hall–Kier alpha value is -1.64. The number of halogens is 1. The molecule has 17 heavy (non-hydrogen) atoms. The third-order valence-corrected chi connectivity index (χ3v) is 3.47. The number of carboxylic acid groups (broad SMARTS) is 1. The van der Waals surface area contributed by atoms with E-state index in [-0.39, 0.29) is 5.82 Å². The van der Waals surface area contributed by atoms with Crippen LogP contribution in [0.1, 0.15) is 31.4 Å². The van der Waals surface area contributed by atoms with E-state index in [4.69, 9.17) is 0 Å². The van der Waals surface area contributed by atoms with Crippen molar-refractivity contribution in [3.8, 4) is 0 Å². The molecule has 2 nitrogen and oxygen atoms in total. The van der Waals surface area contributed by atoms with Crippen molar-refractivity contribution >= 4 is 12.0 Å². The fourth-order valence-electron chi connectivity index (χ4n) is 2.12. The standard InChI is InChI=1S/C14H15FO2/c1-14(2,13(16)17)10-6-7-11-9(8-10)4-3-5-12(11)15/h3-5,8H,6-7H2,1-2H3,(H,16,17). The molecule has 1 aliphatic rings. The highest BCUT2D eigenvalue weighted by atomic mass is 19.1. The topological polar surface area (TPSA) is 37.3 Å². The Morgan fingerprint density at radius 3 is 2.71 bits per heavy atom. The number of carboxylic acids is 1. The third kappa shape index (κ3) is 1.97. The highest BCUT2D eigenvalue weighted by Gasteiger charge is 2.33. The molecule has 0 spiro atoms. The number of hydrogen-bond donors (Lipinski definition) is 1. The largest absolute Gasteiger partial charge is 0.481 e. The van der Waals surface area contributed by atoms with Gasteiger partial charge in [-0.3, -0.25) is 4.79 Å². The normalized spacial score (nSPS) is 15.1. The minimum atomic E-state index is -0.885. The van der Waals surface area contributed by atoms with Crippen LogP contribution in [0.25, 0.3) is 6.08 Å². The summed E-state index contributed by atoms with van der Waals surface area (Å²) in [6, 6.07) is 4.93. The molecule has 0 bridgehead atoms. The first kappa shape index (κ1) is 11.8. The lowest BCUT2D eigenvalue weighted by Crippen LogP contribution is -2.27. The Morgan fingerprint density at radius 1 is 1.35 bits per heavy atom. The van der Waals surface area contributed by atoms with Crippen molar-refractivity contribution < 1.29 is 14.3 Å². The van der Waals surface area contributed by atoms with Crippen molar-refractivity contribution in [3.05, 3.63) is 40.7 Å². The molecule has 0 aromatic heterocycles. The van der Waals surface area contributed by atoms with Crippen LogP contribution in [0.3, 0.4) is 0 Å². The summed E-state index contributed by atoms with van der Waals surface area (Å²) in [5, 5.41) is 9.18. The summed E-state index contributed by atoms with van der Waals surface area (Å²) in [5.41, 5.74) is 1.46. The molecule has 1 aliphatic carbocycles. The van der Waals surface area contributed by atoms with Crippen molar-refractivity contribution in [1.82, 2.24) is 0 Å². The molecular formula is C14H15FO2. The van der Waals surface area contributed by atoms with Gasteiger partial charge in [-0.1, -0.05) is 23.8 Å². The number of hydrogen-bond acceptors (Lipinski definition) is 1. The van der Waals surface area contributed by atoms with E-state index in [2.05, 4.69) is 0 Å². The smallest absolute Gasteiger partial charge is 0.313 e. The van der Waals surface area contributed by atoms with Gasteiger partial charge in [0.15, 0.2) is 0 Å². The van der Waals surface area contributed by atoms with Crippen molar-refractivity contribution in [2.45, 2.75) is 26.7 Å². The SMILES string of the molecule is CC(C)(C(=O)O)C1=Cc2cccc(F)c2CC1. The minimum Gasteiger partial charge on any atom is -0.481 e. The highest BCUT2D eigenvalue weighted by molar-refractivity contribution is 5.80. The number of benzene rings is 1. The number of rotatable bonds is 2. The molecule has 90 valence electrons. The van der Waals surface area contributed by atoms with Gasteiger partial charge in [-0.05, 0) is 43.9 Å². The van der Waals surface area contributed by atoms with Crippen LogP contribution in [-0.4, -0.2) is 11.1 Å². The average molecular weight is 234 g/mol. The average Bonchev–Trinajstić information content (AvgIpc) is 2.28. The lowest BCUT2D eigenvalue weighted by atomic mass is 9.77. The Balaban J connectivity index is 2.46. The second-order valence-electron chi connectivity index (χ2n) is 4.91. The van der Waals surface area contributed by atoms with Crippen molar-refractivity contribution in [3.63, 3.8) is 0 Å². The second kappa shape index (κ2) is 3.99. The lowest BCUT2D eigenvalue weighted by molar-refractivity contribution is -0.144. The van der Waals surface area contributed by atoms with Gasteiger partial charge in [0.2, 0.25) is 0 Å². The summed E-state index contributed by atoms with van der Waals surface area (Å²) in [7, 11) is 0. The number of aliphatic carboxylic acids is 1. The first-order chi connectivity index (χ1) is 7.93. The monoisotopic (exact) mass is 234 g/mol. The highest BCUT2D eigenvalue weighted by Crippen LogP contribution is 2.36. The van der Waals surface area contributed by atoms with Gasteiger partial charge in [0.05, 0.1) is 5.41 Å². The fraction of sp³-hybridized carbons (Fsp3) is 0.357. The van der Waals surface area contributed by atoms with Crippen LogP contribution in [-0.2, 0) is 11.2 Å². The molecule has 1 aromatic carbocycles. The van der Waals surface area contributed by atoms with Gasteiger partial charge in [0.25, 0.3) is 0 Å². The summed E-state index contributed by atoms with van der Waals surface area (Å²) in [6.07, 6.45) is 2.99. The van der Waals surface area contributed by atoms with E-state index in [0.29, 0.717) is 18.4 Å². The maximum absolute atomic E-state index is 13.5. The van der Waals surface area contributed by atoms with Crippen LogP contribution in [0, 0.1) is 11.2 Å². The van der Waals surface area contributed by atoms with Crippen molar-refractivity contribution in [2.75, 3.05) is 0 Å². The Morgan fingerprint density at radius 2 is 2.06 bits per heavy atom. The van der Waals surface area contributed by atoms with Crippen LogP contribution in [0.5, 0.6) is 0 Å². The summed E-state index contributed by atoms with van der Waals surface area (Å²) in [4.78, 5) is 11.2. The minimum absolute atomic E-state index is 0.203. The summed E-state index contributed by atoms with van der Waals surface area (Å²) < 4.78 is 13.5. The van der Waals surface area contributed by atoms with Crippen LogP contribution < -0.4 is 0 Å². The summed E-state index contributed by atoms with van der Waals surface area (Å²) >= 11 is 0. The molecule has 3 heteroatoms. The Kier molecular flexibility index (Phi) is 2.77. The zero-order valence-electron chi connectivity index (χ0n) is 9.96. The zero-order chi connectivity index (χ0) is 12.6. The molecule has 0 heterocycles. The van der Waals surface area contributed by atoms with Crippen LogP contribution in [0.4, 0.5) is 4.39 Å². The molecule has 0 fully saturated rings. The second-order valence-corrected chi connectivity index (χ2v) is 4.91. The first-order valence-electron chi connectivity index (χ1n) is 5.65. The van der Waals surface area contributed by atoms with E-state index in [1.54, 1.807) is 19.9 Å². The van der Waals surface area contributed by atoms with Gasteiger partial charge >= 0.3 is 5.97 Å². The molecule has 0 aliphatic heterocycles. The molecule has 2 rings (SSSR count). The molecule has 1 N–H and O–H groups in total.